The lowest BCUT2D eigenvalue weighted by Gasteiger charge is -2.32. The smallest absolute Gasteiger partial charge is 0.398 e. The van der Waals surface area contributed by atoms with Crippen molar-refractivity contribution in [2.24, 2.45) is 0 Å². The number of rotatable bonds is 1. The molecule has 1 saturated heterocycles. The van der Waals surface area contributed by atoms with Crippen LogP contribution in [0, 0.1) is 6.92 Å². The molecule has 3 heterocycles. The second-order valence-electron chi connectivity index (χ2n) is 6.04. The second kappa shape index (κ2) is 3.80. The molecule has 0 spiro atoms. The predicted molar refractivity (Wildman–Crippen MR) is 74.3 cm³/mol. The van der Waals surface area contributed by atoms with Gasteiger partial charge in [-0.05, 0) is 40.2 Å². The summed E-state index contributed by atoms with van der Waals surface area (Å²) in [6.07, 6.45) is 3.47. The van der Waals surface area contributed by atoms with Crippen LogP contribution >= 0.6 is 0 Å². The summed E-state index contributed by atoms with van der Waals surface area (Å²) in [5.41, 5.74) is 1.98. The third-order valence-corrected chi connectivity index (χ3v) is 4.17. The van der Waals surface area contributed by atoms with Crippen LogP contribution in [0.5, 0.6) is 0 Å². The molecule has 3 rings (SSSR count). The van der Waals surface area contributed by atoms with E-state index in [0.717, 1.165) is 22.2 Å². The molecule has 100 valence electrons. The van der Waals surface area contributed by atoms with Gasteiger partial charge in [-0.25, -0.2) is 9.97 Å². The Morgan fingerprint density at radius 2 is 1.74 bits per heavy atom. The van der Waals surface area contributed by atoms with E-state index in [9.17, 15) is 0 Å². The van der Waals surface area contributed by atoms with Gasteiger partial charge in [0.2, 0.25) is 0 Å². The summed E-state index contributed by atoms with van der Waals surface area (Å²) in [5.74, 6) is 0. The molecule has 19 heavy (non-hydrogen) atoms. The minimum Gasteiger partial charge on any atom is -0.398 e. The van der Waals surface area contributed by atoms with Crippen molar-refractivity contribution in [2.75, 3.05) is 0 Å². The number of hydrogen-bond acceptors (Lipinski definition) is 4. The van der Waals surface area contributed by atoms with Gasteiger partial charge in [-0.2, -0.15) is 0 Å². The molecule has 0 saturated carbocycles. The van der Waals surface area contributed by atoms with Crippen molar-refractivity contribution in [3.63, 3.8) is 0 Å². The van der Waals surface area contributed by atoms with Crippen LogP contribution in [0.4, 0.5) is 0 Å². The van der Waals surface area contributed by atoms with Crippen LogP contribution in [0.25, 0.3) is 11.0 Å². The van der Waals surface area contributed by atoms with Crippen molar-refractivity contribution in [3.8, 4) is 0 Å². The molecule has 0 aliphatic carbocycles. The van der Waals surface area contributed by atoms with Gasteiger partial charge in [0.15, 0.2) is 0 Å². The van der Waals surface area contributed by atoms with Gasteiger partial charge in [-0.3, -0.25) is 0 Å². The van der Waals surface area contributed by atoms with Gasteiger partial charge < -0.3 is 14.3 Å². The topological polar surface area (TPSA) is 60.0 Å². The lowest BCUT2D eigenvalue weighted by atomic mass is 9.82. The maximum Gasteiger partial charge on any atom is 0.515 e. The summed E-state index contributed by atoms with van der Waals surface area (Å²) in [6, 6.07) is 0. The lowest BCUT2D eigenvalue weighted by Crippen LogP contribution is -2.41. The summed E-state index contributed by atoms with van der Waals surface area (Å²) < 4.78 is 12.1. The lowest BCUT2D eigenvalue weighted by molar-refractivity contribution is 0.00578. The second-order valence-corrected chi connectivity index (χ2v) is 6.04. The number of fused-ring (bicyclic) bond motifs is 1. The highest BCUT2D eigenvalue weighted by atomic mass is 16.7. The van der Waals surface area contributed by atoms with E-state index in [-0.39, 0.29) is 11.2 Å². The molecule has 0 atom stereocenters. The first-order valence-corrected chi connectivity index (χ1v) is 6.46. The van der Waals surface area contributed by atoms with E-state index in [1.807, 2.05) is 40.8 Å². The molecule has 2 aromatic heterocycles. The summed E-state index contributed by atoms with van der Waals surface area (Å²) in [6.45, 7) is 10.2. The van der Waals surface area contributed by atoms with Gasteiger partial charge in [0, 0.05) is 11.6 Å². The zero-order valence-electron chi connectivity index (χ0n) is 11.9. The Hall–Kier alpha value is -1.40. The molecule has 0 bridgehead atoms. The van der Waals surface area contributed by atoms with Crippen LogP contribution in [-0.4, -0.2) is 33.3 Å². The maximum absolute atomic E-state index is 6.06. The molecule has 2 aromatic rings. The fourth-order valence-corrected chi connectivity index (χ4v) is 2.28. The van der Waals surface area contributed by atoms with Crippen molar-refractivity contribution in [1.29, 1.82) is 0 Å². The van der Waals surface area contributed by atoms with Crippen LogP contribution in [-0.2, 0) is 9.31 Å². The first kappa shape index (κ1) is 12.6. The SMILES string of the molecule is Cc1c[nH]c2ncnc(B3OC(C)(C)C(C)(C)O3)c12. The van der Waals surface area contributed by atoms with Gasteiger partial charge in [-0.15, -0.1) is 0 Å². The number of aromatic nitrogens is 3. The number of hydrogen-bond donors (Lipinski definition) is 1. The average molecular weight is 259 g/mol. The minimum absolute atomic E-state index is 0.362. The summed E-state index contributed by atoms with van der Waals surface area (Å²) in [5, 5.41) is 0.987. The molecule has 0 radical (unpaired) electrons. The normalized spacial score (nSPS) is 21.2. The van der Waals surface area contributed by atoms with E-state index in [1.165, 1.54) is 0 Å². The highest BCUT2D eigenvalue weighted by Crippen LogP contribution is 2.36. The Bertz CT molecular complexity index is 620. The van der Waals surface area contributed by atoms with Crippen LogP contribution in [0.1, 0.15) is 33.3 Å². The fourth-order valence-electron chi connectivity index (χ4n) is 2.28. The van der Waals surface area contributed by atoms with Gasteiger partial charge in [-0.1, -0.05) is 0 Å². The summed E-state index contributed by atoms with van der Waals surface area (Å²) in [4.78, 5) is 11.7. The highest BCUT2D eigenvalue weighted by molar-refractivity contribution is 6.64. The molecule has 1 fully saturated rings. The van der Waals surface area contributed by atoms with Crippen LogP contribution in [0.2, 0.25) is 0 Å². The molecular weight excluding hydrogens is 241 g/mol. The Balaban J connectivity index is 2.10. The van der Waals surface area contributed by atoms with E-state index >= 15 is 0 Å². The number of H-pyrrole nitrogens is 1. The standard InChI is InChI=1S/C13H18BN3O2/c1-8-6-15-11-9(8)10(16-7-17-11)14-18-12(2,3)13(4,5)19-14/h6-7H,1-5H3,(H,15,16,17). The van der Waals surface area contributed by atoms with Gasteiger partial charge in [0.1, 0.15) is 12.0 Å². The highest BCUT2D eigenvalue weighted by Gasteiger charge is 2.52. The average Bonchev–Trinajstić information content (AvgIpc) is 2.78. The predicted octanol–water partition coefficient (Wildman–Crippen LogP) is 1.57. The van der Waals surface area contributed by atoms with Crippen molar-refractivity contribution < 1.29 is 9.31 Å². The maximum atomic E-state index is 6.06. The van der Waals surface area contributed by atoms with E-state index < -0.39 is 7.12 Å². The zero-order chi connectivity index (χ0) is 13.8. The minimum atomic E-state index is -0.454. The fraction of sp³-hybridized carbons (Fsp3) is 0.538. The molecule has 1 aliphatic rings. The Kier molecular flexibility index (Phi) is 2.53. The van der Waals surface area contributed by atoms with E-state index in [0.29, 0.717) is 0 Å². The molecular formula is C13H18BN3O2. The molecule has 0 aromatic carbocycles. The van der Waals surface area contributed by atoms with E-state index in [1.54, 1.807) is 6.33 Å². The van der Waals surface area contributed by atoms with Crippen molar-refractivity contribution in [3.05, 3.63) is 18.1 Å². The molecule has 1 N–H and O–H groups in total. The molecule has 6 heteroatoms. The Morgan fingerprint density at radius 1 is 1.11 bits per heavy atom. The first-order chi connectivity index (χ1) is 8.82. The zero-order valence-corrected chi connectivity index (χ0v) is 11.9. The monoisotopic (exact) mass is 259 g/mol. The number of nitrogens with zero attached hydrogens (tertiary/aromatic N) is 2. The largest absolute Gasteiger partial charge is 0.515 e. The molecule has 0 amide bonds. The van der Waals surface area contributed by atoms with Crippen LogP contribution in [0.15, 0.2) is 12.5 Å². The number of aryl methyl sites for hydroxylation is 1. The Morgan fingerprint density at radius 3 is 2.37 bits per heavy atom. The van der Waals surface area contributed by atoms with Gasteiger partial charge in [0.05, 0.1) is 16.8 Å². The first-order valence-electron chi connectivity index (χ1n) is 6.46. The molecule has 5 nitrogen and oxygen atoms in total. The summed E-state index contributed by atoms with van der Waals surface area (Å²) in [7, 11) is -0.454. The van der Waals surface area contributed by atoms with Crippen molar-refractivity contribution >= 4 is 23.7 Å². The third-order valence-electron chi connectivity index (χ3n) is 4.17. The van der Waals surface area contributed by atoms with E-state index in [4.69, 9.17) is 9.31 Å². The van der Waals surface area contributed by atoms with E-state index in [2.05, 4.69) is 15.0 Å². The van der Waals surface area contributed by atoms with Crippen molar-refractivity contribution in [2.45, 2.75) is 45.8 Å². The Labute approximate surface area is 112 Å². The quantitative estimate of drug-likeness (QED) is 0.789. The number of nitrogens with one attached hydrogen (secondary N) is 1. The van der Waals surface area contributed by atoms with Gasteiger partial charge >= 0.3 is 7.12 Å². The van der Waals surface area contributed by atoms with Crippen molar-refractivity contribution in [1.82, 2.24) is 15.0 Å². The van der Waals surface area contributed by atoms with Crippen LogP contribution in [0.3, 0.4) is 0 Å². The summed E-state index contributed by atoms with van der Waals surface area (Å²) >= 11 is 0. The number of aromatic amines is 1. The van der Waals surface area contributed by atoms with Gasteiger partial charge in [0.25, 0.3) is 0 Å². The molecule has 1 aliphatic heterocycles. The molecule has 0 unspecified atom stereocenters. The third kappa shape index (κ3) is 1.78. The van der Waals surface area contributed by atoms with Crippen LogP contribution < -0.4 is 5.59 Å².